The Balaban J connectivity index is 2.74. The van der Waals surface area contributed by atoms with Crippen molar-refractivity contribution >= 4 is 17.4 Å². The van der Waals surface area contributed by atoms with E-state index in [1.54, 1.807) is 24.3 Å². The average molecular weight is 220 g/mol. The van der Waals surface area contributed by atoms with Crippen LogP contribution >= 0.6 is 0 Å². The number of carbonyl (C=O) groups excluding carboxylic acids is 2. The van der Waals surface area contributed by atoms with Crippen molar-refractivity contribution in [2.75, 3.05) is 11.9 Å². The first kappa shape index (κ1) is 12.4. The maximum Gasteiger partial charge on any atom is 0.224 e. The minimum absolute atomic E-state index is 0.0215. The molecule has 0 atom stereocenters. The molecule has 0 fully saturated rings. The Kier molecular flexibility index (Phi) is 4.66. The van der Waals surface area contributed by atoms with Gasteiger partial charge in [0.15, 0.2) is 5.78 Å². The number of nitrogens with one attached hydrogen (secondary N) is 1. The second-order valence-electron chi connectivity index (χ2n) is 3.51. The van der Waals surface area contributed by atoms with Crippen molar-refractivity contribution < 1.29 is 9.59 Å². The summed E-state index contributed by atoms with van der Waals surface area (Å²) >= 11 is 0. The first-order valence-electron chi connectivity index (χ1n) is 5.30. The second kappa shape index (κ2) is 6.02. The summed E-state index contributed by atoms with van der Waals surface area (Å²) < 4.78 is 0. The van der Waals surface area contributed by atoms with E-state index in [9.17, 15) is 9.59 Å². The normalized spacial score (nSPS) is 9.88. The van der Waals surface area contributed by atoms with Gasteiger partial charge in [0, 0.05) is 17.7 Å². The van der Waals surface area contributed by atoms with Gasteiger partial charge in [0.1, 0.15) is 0 Å². The fourth-order valence-corrected chi connectivity index (χ4v) is 1.34. The quantitative estimate of drug-likeness (QED) is 0.740. The van der Waals surface area contributed by atoms with Crippen LogP contribution in [0.25, 0.3) is 0 Å². The van der Waals surface area contributed by atoms with Crippen molar-refractivity contribution in [2.45, 2.75) is 19.8 Å². The largest absolute Gasteiger partial charge is 0.326 e. The Morgan fingerprint density at radius 3 is 2.75 bits per heavy atom. The van der Waals surface area contributed by atoms with E-state index in [1.807, 2.05) is 6.92 Å². The SMILES string of the molecule is CCCC(=O)Nc1cccc(C(=O)CN)c1. The van der Waals surface area contributed by atoms with Gasteiger partial charge in [-0.15, -0.1) is 0 Å². The van der Waals surface area contributed by atoms with Gasteiger partial charge < -0.3 is 11.1 Å². The van der Waals surface area contributed by atoms with Crippen molar-refractivity contribution in [1.29, 1.82) is 0 Å². The summed E-state index contributed by atoms with van der Waals surface area (Å²) in [7, 11) is 0. The van der Waals surface area contributed by atoms with Crippen LogP contribution in [0.1, 0.15) is 30.1 Å². The lowest BCUT2D eigenvalue weighted by Crippen LogP contribution is -2.15. The summed E-state index contributed by atoms with van der Waals surface area (Å²) in [5.74, 6) is -0.175. The molecule has 0 aromatic heterocycles. The van der Waals surface area contributed by atoms with Crippen LogP contribution in [-0.2, 0) is 4.79 Å². The molecule has 4 heteroatoms. The molecule has 1 aromatic rings. The number of benzene rings is 1. The van der Waals surface area contributed by atoms with Crippen molar-refractivity contribution in [3.05, 3.63) is 29.8 Å². The van der Waals surface area contributed by atoms with Gasteiger partial charge in [-0.25, -0.2) is 0 Å². The Bertz CT molecular complexity index is 388. The molecule has 1 aromatic carbocycles. The number of Topliss-reactive ketones (excluding diaryl/α,β-unsaturated/α-hetero) is 1. The Morgan fingerprint density at radius 2 is 2.12 bits per heavy atom. The van der Waals surface area contributed by atoms with Crippen LogP contribution in [0.4, 0.5) is 5.69 Å². The van der Waals surface area contributed by atoms with Crippen LogP contribution in [0.2, 0.25) is 0 Å². The maximum atomic E-state index is 11.3. The molecule has 4 nitrogen and oxygen atoms in total. The van der Waals surface area contributed by atoms with Gasteiger partial charge >= 0.3 is 0 Å². The number of nitrogens with two attached hydrogens (primary N) is 1. The second-order valence-corrected chi connectivity index (χ2v) is 3.51. The molecule has 86 valence electrons. The van der Waals surface area contributed by atoms with E-state index in [-0.39, 0.29) is 18.2 Å². The van der Waals surface area contributed by atoms with Crippen molar-refractivity contribution in [3.8, 4) is 0 Å². The monoisotopic (exact) mass is 220 g/mol. The topological polar surface area (TPSA) is 72.2 Å². The van der Waals surface area contributed by atoms with Crippen molar-refractivity contribution in [1.82, 2.24) is 0 Å². The van der Waals surface area contributed by atoms with Gasteiger partial charge in [0.25, 0.3) is 0 Å². The van der Waals surface area contributed by atoms with Crippen LogP contribution in [-0.4, -0.2) is 18.2 Å². The van der Waals surface area contributed by atoms with Gasteiger partial charge in [-0.3, -0.25) is 9.59 Å². The third-order valence-corrected chi connectivity index (χ3v) is 2.13. The summed E-state index contributed by atoms with van der Waals surface area (Å²) in [5, 5.41) is 2.73. The molecular weight excluding hydrogens is 204 g/mol. The number of hydrogen-bond acceptors (Lipinski definition) is 3. The van der Waals surface area contributed by atoms with Crippen LogP contribution < -0.4 is 11.1 Å². The van der Waals surface area contributed by atoms with E-state index in [2.05, 4.69) is 5.32 Å². The highest BCUT2D eigenvalue weighted by Crippen LogP contribution is 2.11. The standard InChI is InChI=1S/C12H16N2O2/c1-2-4-12(16)14-10-6-3-5-9(7-10)11(15)8-13/h3,5-7H,2,4,8,13H2,1H3,(H,14,16). The summed E-state index contributed by atoms with van der Waals surface area (Å²) in [6.07, 6.45) is 1.28. The summed E-state index contributed by atoms with van der Waals surface area (Å²) in [5.41, 5.74) is 6.43. The lowest BCUT2D eigenvalue weighted by atomic mass is 10.1. The molecule has 0 saturated heterocycles. The Labute approximate surface area is 94.8 Å². The zero-order chi connectivity index (χ0) is 12.0. The number of ketones is 1. The number of hydrogen-bond donors (Lipinski definition) is 2. The summed E-state index contributed by atoms with van der Waals surface area (Å²) in [6, 6.07) is 6.80. The molecule has 0 spiro atoms. The van der Waals surface area contributed by atoms with Gasteiger partial charge in [0.2, 0.25) is 5.91 Å². The molecule has 3 N–H and O–H groups in total. The zero-order valence-corrected chi connectivity index (χ0v) is 9.32. The molecule has 0 radical (unpaired) electrons. The van der Waals surface area contributed by atoms with E-state index in [0.29, 0.717) is 17.7 Å². The van der Waals surface area contributed by atoms with Crippen molar-refractivity contribution in [2.24, 2.45) is 5.73 Å². The van der Waals surface area contributed by atoms with Crippen LogP contribution in [0, 0.1) is 0 Å². The highest BCUT2D eigenvalue weighted by atomic mass is 16.1. The first-order valence-corrected chi connectivity index (χ1v) is 5.30. The highest BCUT2D eigenvalue weighted by Gasteiger charge is 2.05. The molecule has 0 unspecified atom stereocenters. The predicted octanol–water partition coefficient (Wildman–Crippen LogP) is 1.57. The van der Waals surface area contributed by atoms with Crippen LogP contribution in [0.5, 0.6) is 0 Å². The van der Waals surface area contributed by atoms with E-state index in [0.717, 1.165) is 6.42 Å². The molecular formula is C12H16N2O2. The van der Waals surface area contributed by atoms with E-state index in [4.69, 9.17) is 5.73 Å². The molecule has 0 aliphatic rings. The Hall–Kier alpha value is -1.68. The fraction of sp³-hybridized carbons (Fsp3) is 0.333. The van der Waals surface area contributed by atoms with Gasteiger partial charge in [-0.1, -0.05) is 19.1 Å². The lowest BCUT2D eigenvalue weighted by Gasteiger charge is -2.05. The molecule has 0 heterocycles. The zero-order valence-electron chi connectivity index (χ0n) is 9.32. The number of amides is 1. The smallest absolute Gasteiger partial charge is 0.224 e. The third kappa shape index (κ3) is 3.47. The lowest BCUT2D eigenvalue weighted by molar-refractivity contribution is -0.116. The van der Waals surface area contributed by atoms with Gasteiger partial charge in [-0.2, -0.15) is 0 Å². The van der Waals surface area contributed by atoms with Crippen LogP contribution in [0.15, 0.2) is 24.3 Å². The molecule has 1 rings (SSSR count). The minimum Gasteiger partial charge on any atom is -0.326 e. The minimum atomic E-state index is -0.133. The molecule has 16 heavy (non-hydrogen) atoms. The Morgan fingerprint density at radius 1 is 1.38 bits per heavy atom. The number of anilines is 1. The molecule has 0 saturated carbocycles. The van der Waals surface area contributed by atoms with E-state index >= 15 is 0 Å². The summed E-state index contributed by atoms with van der Waals surface area (Å²) in [6.45, 7) is 1.92. The first-order chi connectivity index (χ1) is 7.67. The third-order valence-electron chi connectivity index (χ3n) is 2.13. The molecule has 0 bridgehead atoms. The highest BCUT2D eigenvalue weighted by molar-refractivity contribution is 5.99. The number of rotatable bonds is 5. The molecule has 0 aliphatic carbocycles. The fourth-order valence-electron chi connectivity index (χ4n) is 1.34. The van der Waals surface area contributed by atoms with E-state index in [1.165, 1.54) is 0 Å². The average Bonchev–Trinajstić information content (AvgIpc) is 2.28. The number of carbonyl (C=O) groups is 2. The molecule has 0 aliphatic heterocycles. The van der Waals surface area contributed by atoms with Gasteiger partial charge in [0.05, 0.1) is 6.54 Å². The maximum absolute atomic E-state index is 11.3. The van der Waals surface area contributed by atoms with E-state index < -0.39 is 0 Å². The van der Waals surface area contributed by atoms with Crippen molar-refractivity contribution in [3.63, 3.8) is 0 Å². The molecule has 1 amide bonds. The van der Waals surface area contributed by atoms with Gasteiger partial charge in [-0.05, 0) is 18.6 Å². The predicted molar refractivity (Wildman–Crippen MR) is 63.4 cm³/mol. The summed E-state index contributed by atoms with van der Waals surface area (Å²) in [4.78, 5) is 22.7. The van der Waals surface area contributed by atoms with Crippen LogP contribution in [0.3, 0.4) is 0 Å².